The molecule has 2 aliphatic heterocycles. The largest absolute Gasteiger partial charge is 0.353 e. The minimum Gasteiger partial charge on any atom is -0.353 e. The fourth-order valence-electron chi connectivity index (χ4n) is 4.09. The second-order valence-corrected chi connectivity index (χ2v) is 8.36. The van der Waals surface area contributed by atoms with Gasteiger partial charge in [-0.25, -0.2) is 29.3 Å². The van der Waals surface area contributed by atoms with E-state index in [4.69, 9.17) is 9.97 Å². The lowest BCUT2D eigenvalue weighted by atomic mass is 9.99. The third-order valence-corrected chi connectivity index (χ3v) is 6.29. The molecular weight excluding hydrogens is 415 g/mol. The molecule has 1 unspecified atom stereocenters. The summed E-state index contributed by atoms with van der Waals surface area (Å²) in [4.78, 5) is 26.6. The van der Waals surface area contributed by atoms with Crippen LogP contribution in [0.2, 0.25) is 0 Å². The lowest BCUT2D eigenvalue weighted by Crippen LogP contribution is -2.56. The number of pyridine rings is 1. The van der Waals surface area contributed by atoms with E-state index < -0.39 is 0 Å². The van der Waals surface area contributed by atoms with Gasteiger partial charge in [-0.3, -0.25) is 4.72 Å². The molecule has 0 saturated carbocycles. The monoisotopic (exact) mass is 438 g/mol. The molecule has 0 aromatic carbocycles. The van der Waals surface area contributed by atoms with Crippen LogP contribution in [-0.2, 0) is 6.42 Å². The zero-order valence-electron chi connectivity index (χ0n) is 17.4. The van der Waals surface area contributed by atoms with E-state index in [0.717, 1.165) is 30.8 Å². The molecule has 0 radical (unpaired) electrons. The van der Waals surface area contributed by atoms with Crippen molar-refractivity contribution >= 4 is 23.6 Å². The first-order valence-electron chi connectivity index (χ1n) is 10.2. The molecule has 3 aromatic heterocycles. The average molecular weight is 439 g/mol. The van der Waals surface area contributed by atoms with Crippen molar-refractivity contribution in [2.45, 2.75) is 25.4 Å². The highest BCUT2D eigenvalue weighted by atomic mass is 32.2. The molecule has 3 aromatic rings. The van der Waals surface area contributed by atoms with Gasteiger partial charge in [-0.2, -0.15) is 0 Å². The second-order valence-electron chi connectivity index (χ2n) is 7.71. The van der Waals surface area contributed by atoms with Gasteiger partial charge >= 0.3 is 0 Å². The maximum absolute atomic E-state index is 14.5. The number of halogens is 1. The van der Waals surface area contributed by atoms with Crippen LogP contribution in [0.15, 0.2) is 36.8 Å². The van der Waals surface area contributed by atoms with Crippen molar-refractivity contribution in [2.24, 2.45) is 0 Å². The molecule has 1 atom stereocenters. The summed E-state index contributed by atoms with van der Waals surface area (Å²) < 4.78 is 17.8. The molecule has 1 saturated heterocycles. The summed E-state index contributed by atoms with van der Waals surface area (Å²) in [5.41, 5.74) is 2.00. The first kappa shape index (κ1) is 20.1. The lowest BCUT2D eigenvalue weighted by Gasteiger charge is -2.41. The number of fused-ring (bicyclic) bond motifs is 1. The van der Waals surface area contributed by atoms with E-state index in [-0.39, 0.29) is 11.9 Å². The van der Waals surface area contributed by atoms with Crippen molar-refractivity contribution in [1.82, 2.24) is 29.6 Å². The molecular formula is C21H23FN8S. The minimum absolute atomic E-state index is 0.0149. The Labute approximate surface area is 184 Å². The molecule has 1 N–H and O–H groups in total. The minimum atomic E-state index is -0.271. The van der Waals surface area contributed by atoms with E-state index in [2.05, 4.69) is 36.4 Å². The fraction of sp³-hybridized carbons (Fsp3) is 0.381. The van der Waals surface area contributed by atoms with Crippen LogP contribution in [-0.4, -0.2) is 56.9 Å². The number of aromatic nitrogens is 5. The highest BCUT2D eigenvalue weighted by molar-refractivity contribution is 7.96. The number of nitrogens with one attached hydrogen (secondary N) is 1. The van der Waals surface area contributed by atoms with Gasteiger partial charge in [0.25, 0.3) is 0 Å². The maximum Gasteiger partial charge on any atom is 0.197 e. The van der Waals surface area contributed by atoms with Crippen LogP contribution in [0.1, 0.15) is 24.2 Å². The molecule has 160 valence electrons. The van der Waals surface area contributed by atoms with Gasteiger partial charge in [0.1, 0.15) is 17.5 Å². The normalized spacial score (nSPS) is 18.6. The Morgan fingerprint density at radius 2 is 1.84 bits per heavy atom. The van der Waals surface area contributed by atoms with E-state index in [1.54, 1.807) is 30.4 Å². The quantitative estimate of drug-likeness (QED) is 0.605. The zero-order chi connectivity index (χ0) is 21.4. The Balaban J connectivity index is 1.38. The van der Waals surface area contributed by atoms with Gasteiger partial charge in [0.2, 0.25) is 0 Å². The van der Waals surface area contributed by atoms with Gasteiger partial charge in [-0.05, 0) is 19.2 Å². The molecule has 0 spiro atoms. The number of nitrogens with zero attached hydrogens (tertiary/aromatic N) is 7. The first-order valence-corrected chi connectivity index (χ1v) is 11.5. The number of hydrogen-bond donors (Lipinski definition) is 1. The predicted octanol–water partition coefficient (Wildman–Crippen LogP) is 2.65. The van der Waals surface area contributed by atoms with E-state index >= 15 is 0 Å². The summed E-state index contributed by atoms with van der Waals surface area (Å²) in [6, 6.07) is 5.18. The van der Waals surface area contributed by atoms with E-state index in [1.165, 1.54) is 12.1 Å². The van der Waals surface area contributed by atoms with Crippen molar-refractivity contribution in [3.05, 3.63) is 53.9 Å². The Hall–Kier alpha value is -2.85. The highest BCUT2D eigenvalue weighted by Gasteiger charge is 2.30. The summed E-state index contributed by atoms with van der Waals surface area (Å²) in [6.45, 7) is 4.43. The first-order chi connectivity index (χ1) is 15.1. The van der Waals surface area contributed by atoms with Crippen LogP contribution < -0.4 is 14.5 Å². The fourth-order valence-corrected chi connectivity index (χ4v) is 4.57. The molecule has 0 amide bonds. The molecule has 0 bridgehead atoms. The number of anilines is 2. The molecule has 5 heterocycles. The van der Waals surface area contributed by atoms with Crippen molar-refractivity contribution < 1.29 is 4.39 Å². The van der Waals surface area contributed by atoms with E-state index in [1.807, 2.05) is 12.5 Å². The summed E-state index contributed by atoms with van der Waals surface area (Å²) in [5, 5.41) is 0. The van der Waals surface area contributed by atoms with Gasteiger partial charge in [0, 0.05) is 62.3 Å². The molecule has 8 nitrogen and oxygen atoms in total. The van der Waals surface area contributed by atoms with Gasteiger partial charge < -0.3 is 9.80 Å². The lowest BCUT2D eigenvalue weighted by molar-refractivity contribution is 0.486. The van der Waals surface area contributed by atoms with Gasteiger partial charge in [-0.1, -0.05) is 11.9 Å². The number of hydrogen-bond acceptors (Lipinski definition) is 9. The highest BCUT2D eigenvalue weighted by Crippen LogP contribution is 2.34. The standard InChI is InChI=1S/C21H23FN8S/c1-13-16-10-25-21(20-23-5-3-6-24-20)26-17(16)4-7-30(13)19-9-14(22)8-18(27-19)29-11-15(12-29)28-31-2/h3,5-6,8-10,13,15,28H,4,7,11-12H2,1-2H3. The van der Waals surface area contributed by atoms with Crippen LogP contribution in [0.25, 0.3) is 11.6 Å². The molecule has 5 rings (SSSR count). The summed E-state index contributed by atoms with van der Waals surface area (Å²) in [6.07, 6.45) is 7.93. The Kier molecular flexibility index (Phi) is 5.41. The Morgan fingerprint density at radius 1 is 1.06 bits per heavy atom. The molecule has 31 heavy (non-hydrogen) atoms. The third-order valence-electron chi connectivity index (χ3n) is 5.72. The van der Waals surface area contributed by atoms with Crippen LogP contribution >= 0.6 is 11.9 Å². The Bertz CT molecular complexity index is 1080. The van der Waals surface area contributed by atoms with Crippen LogP contribution in [0.3, 0.4) is 0 Å². The molecule has 10 heteroatoms. The third kappa shape index (κ3) is 3.92. The van der Waals surface area contributed by atoms with Crippen molar-refractivity contribution in [3.8, 4) is 11.6 Å². The smallest absolute Gasteiger partial charge is 0.197 e. The topological polar surface area (TPSA) is 83.0 Å². The van der Waals surface area contributed by atoms with Crippen molar-refractivity contribution in [2.75, 3.05) is 35.7 Å². The second kappa shape index (κ2) is 8.35. The summed E-state index contributed by atoms with van der Waals surface area (Å²) in [5.74, 6) is 2.09. The van der Waals surface area contributed by atoms with Crippen molar-refractivity contribution in [1.29, 1.82) is 0 Å². The average Bonchev–Trinajstić information content (AvgIpc) is 2.76. The summed E-state index contributed by atoms with van der Waals surface area (Å²) in [7, 11) is 0. The predicted molar refractivity (Wildman–Crippen MR) is 119 cm³/mol. The molecule has 0 aliphatic carbocycles. The molecule has 2 aliphatic rings. The van der Waals surface area contributed by atoms with Gasteiger partial charge in [-0.15, -0.1) is 0 Å². The van der Waals surface area contributed by atoms with Gasteiger partial charge in [0.05, 0.1) is 17.8 Å². The number of rotatable bonds is 5. The molecule has 1 fully saturated rings. The SMILES string of the molecule is CSNC1CN(c2cc(F)cc(N3CCc4nc(-c5ncccn5)ncc4C3C)n2)C1. The zero-order valence-corrected chi connectivity index (χ0v) is 18.2. The van der Waals surface area contributed by atoms with Gasteiger partial charge in [0.15, 0.2) is 11.6 Å². The van der Waals surface area contributed by atoms with Crippen LogP contribution in [0.4, 0.5) is 16.0 Å². The van der Waals surface area contributed by atoms with Crippen LogP contribution in [0.5, 0.6) is 0 Å². The van der Waals surface area contributed by atoms with E-state index in [9.17, 15) is 4.39 Å². The van der Waals surface area contributed by atoms with Crippen LogP contribution in [0, 0.1) is 5.82 Å². The summed E-state index contributed by atoms with van der Waals surface area (Å²) >= 11 is 1.61. The van der Waals surface area contributed by atoms with E-state index in [0.29, 0.717) is 35.9 Å². The Morgan fingerprint density at radius 3 is 2.61 bits per heavy atom. The maximum atomic E-state index is 14.5. The van der Waals surface area contributed by atoms with Crippen molar-refractivity contribution in [3.63, 3.8) is 0 Å².